The summed E-state index contributed by atoms with van der Waals surface area (Å²) in [6.45, 7) is 8.94. The molecule has 20 heavy (non-hydrogen) atoms. The van der Waals surface area contributed by atoms with Gasteiger partial charge in [-0.3, -0.25) is 0 Å². The highest BCUT2D eigenvalue weighted by atomic mass is 16.6. The lowest BCUT2D eigenvalue weighted by Crippen LogP contribution is -2.36. The van der Waals surface area contributed by atoms with Crippen LogP contribution in [0.2, 0.25) is 0 Å². The molecule has 1 aromatic rings. The minimum atomic E-state index is -0.451. The van der Waals surface area contributed by atoms with Crippen molar-refractivity contribution in [2.75, 3.05) is 13.1 Å². The smallest absolute Gasteiger partial charge is 0.410 e. The monoisotopic (exact) mass is 280 g/mol. The zero-order valence-corrected chi connectivity index (χ0v) is 12.7. The lowest BCUT2D eigenvalue weighted by Gasteiger charge is -2.24. The number of nitrogens with zero attached hydrogens (tertiary/aromatic N) is 1. The third-order valence-corrected chi connectivity index (χ3v) is 3.25. The Kier molecular flexibility index (Phi) is 4.38. The van der Waals surface area contributed by atoms with Gasteiger partial charge in [0.15, 0.2) is 0 Å². The zero-order valence-electron chi connectivity index (χ0n) is 12.7. The van der Waals surface area contributed by atoms with E-state index in [1.165, 1.54) is 0 Å². The van der Waals surface area contributed by atoms with Crippen LogP contribution < -0.4 is 0 Å². The summed E-state index contributed by atoms with van der Waals surface area (Å²) in [5.41, 5.74) is 0.605. The number of ether oxygens (including phenoxy) is 2. The van der Waals surface area contributed by atoms with Crippen LogP contribution in [0.4, 0.5) is 4.79 Å². The number of carbonyl (C=O) groups excluding carboxylic acids is 1. The van der Waals surface area contributed by atoms with Crippen LogP contribution in [-0.4, -0.2) is 40.8 Å². The van der Waals surface area contributed by atoms with E-state index in [1.807, 2.05) is 46.0 Å². The van der Waals surface area contributed by atoms with Crippen molar-refractivity contribution in [3.63, 3.8) is 0 Å². The maximum Gasteiger partial charge on any atom is 0.410 e. The minimum absolute atomic E-state index is 0.00795. The quantitative estimate of drug-likeness (QED) is 0.925. The van der Waals surface area contributed by atoms with Gasteiger partial charge >= 0.3 is 6.09 Å². The first-order chi connectivity index (χ1) is 9.35. The molecule has 2 heterocycles. The normalized spacial score (nSPS) is 21.0. The molecule has 0 radical (unpaired) electrons. The van der Waals surface area contributed by atoms with Crippen molar-refractivity contribution >= 4 is 6.09 Å². The van der Waals surface area contributed by atoms with Gasteiger partial charge in [0, 0.05) is 18.4 Å². The largest absolute Gasteiger partial charge is 0.444 e. The van der Waals surface area contributed by atoms with Gasteiger partial charge in [-0.15, -0.1) is 0 Å². The molecule has 5 heteroatoms. The summed E-state index contributed by atoms with van der Waals surface area (Å²) in [5.74, 6) is 0. The molecule has 0 spiro atoms. The summed E-state index contributed by atoms with van der Waals surface area (Å²) in [4.78, 5) is 16.8. The van der Waals surface area contributed by atoms with Gasteiger partial charge in [0.25, 0.3) is 0 Å². The Bertz CT molecular complexity index is 436. The molecule has 2 unspecified atom stereocenters. The summed E-state index contributed by atoms with van der Waals surface area (Å²) in [6.07, 6.45) is 2.56. The van der Waals surface area contributed by atoms with Crippen molar-refractivity contribution in [3.05, 3.63) is 24.0 Å². The molecule has 0 bridgehead atoms. The lowest BCUT2D eigenvalue weighted by molar-refractivity contribution is -0.00538. The van der Waals surface area contributed by atoms with E-state index < -0.39 is 5.60 Å². The van der Waals surface area contributed by atoms with E-state index >= 15 is 0 Å². The molecule has 1 aliphatic heterocycles. The van der Waals surface area contributed by atoms with E-state index in [4.69, 9.17) is 9.47 Å². The number of aromatic nitrogens is 1. The lowest BCUT2D eigenvalue weighted by atomic mass is 10.2. The Morgan fingerprint density at radius 3 is 2.85 bits per heavy atom. The van der Waals surface area contributed by atoms with Crippen molar-refractivity contribution < 1.29 is 14.3 Å². The Morgan fingerprint density at radius 2 is 2.25 bits per heavy atom. The highest BCUT2D eigenvalue weighted by molar-refractivity contribution is 5.68. The first-order valence-corrected chi connectivity index (χ1v) is 7.12. The van der Waals surface area contributed by atoms with Gasteiger partial charge in [0.1, 0.15) is 5.60 Å². The van der Waals surface area contributed by atoms with Crippen molar-refractivity contribution in [2.45, 2.75) is 51.9 Å². The second kappa shape index (κ2) is 5.87. The molecule has 0 aromatic carbocycles. The molecule has 1 fully saturated rings. The number of hydrogen-bond donors (Lipinski definition) is 1. The second-order valence-electron chi connectivity index (χ2n) is 6.24. The number of H-pyrrole nitrogens is 1. The fourth-order valence-corrected chi connectivity index (χ4v) is 2.29. The average Bonchev–Trinajstić information content (AvgIpc) is 2.97. The first kappa shape index (κ1) is 14.9. The average molecular weight is 280 g/mol. The standard InChI is InChI=1S/C15H24N2O3/c1-11(13-6-5-8-16-13)19-12-7-9-17(10-12)14(18)20-15(2,3)4/h5-6,8,11-12,16H,7,9-10H2,1-4H3. The Morgan fingerprint density at radius 1 is 1.50 bits per heavy atom. The maximum atomic E-state index is 12.0. The third kappa shape index (κ3) is 4.00. The SMILES string of the molecule is CC(OC1CCN(C(=O)OC(C)(C)C)C1)c1ccc[nH]1. The van der Waals surface area contributed by atoms with Crippen molar-refractivity contribution in [1.29, 1.82) is 0 Å². The van der Waals surface area contributed by atoms with Crippen LogP contribution >= 0.6 is 0 Å². The van der Waals surface area contributed by atoms with Crippen molar-refractivity contribution in [2.24, 2.45) is 0 Å². The fraction of sp³-hybridized carbons (Fsp3) is 0.667. The summed E-state index contributed by atoms with van der Waals surface area (Å²) in [5, 5.41) is 0. The topological polar surface area (TPSA) is 54.6 Å². The number of rotatable bonds is 3. The molecule has 2 atom stereocenters. The molecule has 5 nitrogen and oxygen atoms in total. The predicted molar refractivity (Wildman–Crippen MR) is 76.5 cm³/mol. The highest BCUT2D eigenvalue weighted by Crippen LogP contribution is 2.23. The first-order valence-electron chi connectivity index (χ1n) is 7.12. The van der Waals surface area contributed by atoms with Crippen LogP contribution in [-0.2, 0) is 9.47 Å². The third-order valence-electron chi connectivity index (χ3n) is 3.25. The molecule has 112 valence electrons. The van der Waals surface area contributed by atoms with Crippen LogP contribution in [0.15, 0.2) is 18.3 Å². The summed E-state index contributed by atoms with van der Waals surface area (Å²) in [6, 6.07) is 3.96. The molecular formula is C15H24N2O3. The number of likely N-dealkylation sites (tertiary alicyclic amines) is 1. The molecule has 1 aromatic heterocycles. The van der Waals surface area contributed by atoms with Crippen LogP contribution in [0, 0.1) is 0 Å². The zero-order chi connectivity index (χ0) is 14.8. The summed E-state index contributed by atoms with van der Waals surface area (Å²) >= 11 is 0. The molecule has 0 aliphatic carbocycles. The van der Waals surface area contributed by atoms with E-state index in [0.29, 0.717) is 13.1 Å². The molecular weight excluding hydrogens is 256 g/mol. The molecule has 0 saturated carbocycles. The number of carbonyl (C=O) groups is 1. The second-order valence-corrected chi connectivity index (χ2v) is 6.24. The van der Waals surface area contributed by atoms with E-state index in [-0.39, 0.29) is 18.3 Å². The van der Waals surface area contributed by atoms with Gasteiger partial charge in [-0.25, -0.2) is 4.79 Å². The van der Waals surface area contributed by atoms with Gasteiger partial charge in [0.05, 0.1) is 18.8 Å². The van der Waals surface area contributed by atoms with Gasteiger partial charge in [-0.05, 0) is 46.2 Å². The van der Waals surface area contributed by atoms with Crippen LogP contribution in [0.25, 0.3) is 0 Å². The maximum absolute atomic E-state index is 12.0. The number of amides is 1. The Labute approximate surface area is 120 Å². The Balaban J connectivity index is 1.82. The van der Waals surface area contributed by atoms with Gasteiger partial charge in [0.2, 0.25) is 0 Å². The predicted octanol–water partition coefficient (Wildman–Crippen LogP) is 3.10. The fourth-order valence-electron chi connectivity index (χ4n) is 2.29. The molecule has 1 aliphatic rings. The summed E-state index contributed by atoms with van der Waals surface area (Å²) < 4.78 is 11.4. The molecule has 2 rings (SSSR count). The number of hydrogen-bond acceptors (Lipinski definition) is 3. The van der Waals surface area contributed by atoms with Crippen LogP contribution in [0.1, 0.15) is 45.9 Å². The number of aromatic amines is 1. The molecule has 1 saturated heterocycles. The number of nitrogens with one attached hydrogen (secondary N) is 1. The van der Waals surface area contributed by atoms with Crippen LogP contribution in [0.5, 0.6) is 0 Å². The minimum Gasteiger partial charge on any atom is -0.444 e. The van der Waals surface area contributed by atoms with Crippen molar-refractivity contribution in [3.8, 4) is 0 Å². The van der Waals surface area contributed by atoms with Gasteiger partial charge in [-0.2, -0.15) is 0 Å². The molecule has 1 N–H and O–H groups in total. The highest BCUT2D eigenvalue weighted by Gasteiger charge is 2.31. The van der Waals surface area contributed by atoms with E-state index in [9.17, 15) is 4.79 Å². The van der Waals surface area contributed by atoms with E-state index in [1.54, 1.807) is 4.90 Å². The van der Waals surface area contributed by atoms with Crippen LogP contribution in [0.3, 0.4) is 0 Å². The van der Waals surface area contributed by atoms with E-state index in [2.05, 4.69) is 4.98 Å². The summed E-state index contributed by atoms with van der Waals surface area (Å²) in [7, 11) is 0. The molecule has 1 amide bonds. The van der Waals surface area contributed by atoms with E-state index in [0.717, 1.165) is 12.1 Å². The van der Waals surface area contributed by atoms with Gasteiger partial charge < -0.3 is 19.4 Å². The van der Waals surface area contributed by atoms with Crippen molar-refractivity contribution in [1.82, 2.24) is 9.88 Å². The van der Waals surface area contributed by atoms with Gasteiger partial charge in [-0.1, -0.05) is 0 Å². The Hall–Kier alpha value is -1.49.